The summed E-state index contributed by atoms with van der Waals surface area (Å²) >= 11 is 0. The van der Waals surface area contributed by atoms with Crippen LogP contribution in [-0.4, -0.2) is 41.2 Å². The standard InChI is InChI=1S/C21H27F2NO3/c1-13-3-4-16(27-19(22)23)7-17(13)14-5-6-21(10-14)11-24(12-21)18(25)15-8-20(2,26)9-15/h3-4,7,14-15,19,26H,5-6,8-12H2,1-2H3/t14?,15-,20+. The van der Waals surface area contributed by atoms with Gasteiger partial charge in [-0.2, -0.15) is 8.78 Å². The molecule has 2 saturated carbocycles. The molecular formula is C21H27F2NO3. The topological polar surface area (TPSA) is 49.8 Å². The number of benzene rings is 1. The van der Waals surface area contributed by atoms with Crippen molar-refractivity contribution in [2.24, 2.45) is 11.3 Å². The molecule has 1 atom stereocenters. The van der Waals surface area contributed by atoms with Crippen LogP contribution in [0.3, 0.4) is 0 Å². The summed E-state index contributed by atoms with van der Waals surface area (Å²) in [6.45, 7) is 2.55. The van der Waals surface area contributed by atoms with E-state index in [1.54, 1.807) is 19.1 Å². The third-order valence-electron chi connectivity index (χ3n) is 6.70. The van der Waals surface area contributed by atoms with E-state index in [9.17, 15) is 18.7 Å². The zero-order chi connectivity index (χ0) is 19.4. The summed E-state index contributed by atoms with van der Waals surface area (Å²) in [4.78, 5) is 14.5. The number of rotatable bonds is 4. The molecule has 4 rings (SSSR count). The highest BCUT2D eigenvalue weighted by Gasteiger charge is 2.53. The van der Waals surface area contributed by atoms with E-state index in [4.69, 9.17) is 0 Å². The summed E-state index contributed by atoms with van der Waals surface area (Å²) in [5, 5.41) is 9.85. The highest BCUT2D eigenvalue weighted by Crippen LogP contribution is 2.53. The van der Waals surface area contributed by atoms with Crippen molar-refractivity contribution in [3.8, 4) is 5.75 Å². The number of hydrogen-bond acceptors (Lipinski definition) is 3. The fourth-order valence-corrected chi connectivity index (χ4v) is 5.35. The van der Waals surface area contributed by atoms with Crippen molar-refractivity contribution < 1.29 is 23.4 Å². The number of hydrogen-bond donors (Lipinski definition) is 1. The Balaban J connectivity index is 1.37. The number of carbonyl (C=O) groups excluding carboxylic acids is 1. The Hall–Kier alpha value is -1.69. The second kappa shape index (κ2) is 6.43. The first-order chi connectivity index (χ1) is 12.7. The molecule has 3 fully saturated rings. The van der Waals surface area contributed by atoms with Crippen LogP contribution in [0.2, 0.25) is 0 Å². The van der Waals surface area contributed by atoms with Gasteiger partial charge in [-0.15, -0.1) is 0 Å². The number of amides is 1. The molecule has 148 valence electrons. The molecule has 0 aromatic heterocycles. The molecular weight excluding hydrogens is 352 g/mol. The zero-order valence-electron chi connectivity index (χ0n) is 15.9. The molecule has 4 nitrogen and oxygen atoms in total. The molecule has 3 aliphatic rings. The Bertz CT molecular complexity index is 735. The Morgan fingerprint density at radius 1 is 1.30 bits per heavy atom. The Morgan fingerprint density at radius 3 is 2.63 bits per heavy atom. The maximum atomic E-state index is 12.5. The van der Waals surface area contributed by atoms with Crippen LogP contribution < -0.4 is 4.74 Å². The minimum absolute atomic E-state index is 0.0278. The Morgan fingerprint density at radius 2 is 2.00 bits per heavy atom. The number of carbonyl (C=O) groups is 1. The molecule has 0 bridgehead atoms. The van der Waals surface area contributed by atoms with Gasteiger partial charge in [0.15, 0.2) is 0 Å². The lowest BCUT2D eigenvalue weighted by atomic mass is 9.69. The average Bonchev–Trinajstić information content (AvgIpc) is 2.97. The normalized spacial score (nSPS) is 31.7. The van der Waals surface area contributed by atoms with Crippen LogP contribution in [0.25, 0.3) is 0 Å². The van der Waals surface area contributed by atoms with E-state index >= 15 is 0 Å². The predicted octanol–water partition coefficient (Wildman–Crippen LogP) is 3.85. The molecule has 1 unspecified atom stereocenters. The monoisotopic (exact) mass is 379 g/mol. The van der Waals surface area contributed by atoms with Crippen molar-refractivity contribution in [1.82, 2.24) is 4.90 Å². The lowest BCUT2D eigenvalue weighted by molar-refractivity contribution is -0.161. The van der Waals surface area contributed by atoms with Crippen LogP contribution in [0, 0.1) is 18.3 Å². The van der Waals surface area contributed by atoms with Gasteiger partial charge in [0.1, 0.15) is 5.75 Å². The van der Waals surface area contributed by atoms with Gasteiger partial charge in [0.25, 0.3) is 0 Å². The number of halogens is 2. The van der Waals surface area contributed by atoms with E-state index in [0.717, 1.165) is 43.5 Å². The first-order valence-electron chi connectivity index (χ1n) is 9.73. The smallest absolute Gasteiger partial charge is 0.387 e. The number of nitrogens with zero attached hydrogens (tertiary/aromatic N) is 1. The highest BCUT2D eigenvalue weighted by molar-refractivity contribution is 5.81. The van der Waals surface area contributed by atoms with Crippen LogP contribution >= 0.6 is 0 Å². The number of likely N-dealkylation sites (tertiary alicyclic amines) is 1. The van der Waals surface area contributed by atoms with E-state index in [-0.39, 0.29) is 23.0 Å². The quantitative estimate of drug-likeness (QED) is 0.864. The van der Waals surface area contributed by atoms with Gasteiger partial charge in [0.2, 0.25) is 5.91 Å². The Labute approximate surface area is 158 Å². The van der Waals surface area contributed by atoms with Crippen molar-refractivity contribution in [2.75, 3.05) is 13.1 Å². The molecule has 1 heterocycles. The summed E-state index contributed by atoms with van der Waals surface area (Å²) in [5.74, 6) is 0.695. The molecule has 27 heavy (non-hydrogen) atoms. The molecule has 0 radical (unpaired) electrons. The highest BCUT2D eigenvalue weighted by atomic mass is 19.3. The lowest BCUT2D eigenvalue weighted by Crippen LogP contribution is -2.61. The van der Waals surface area contributed by atoms with E-state index in [0.29, 0.717) is 18.8 Å². The lowest BCUT2D eigenvalue weighted by Gasteiger charge is -2.52. The minimum atomic E-state index is -2.81. The molecule has 2 aliphatic carbocycles. The first-order valence-corrected chi connectivity index (χ1v) is 9.73. The van der Waals surface area contributed by atoms with Crippen LogP contribution in [0.15, 0.2) is 18.2 Å². The summed E-state index contributed by atoms with van der Waals surface area (Å²) < 4.78 is 29.6. The Kier molecular flexibility index (Phi) is 4.45. The third-order valence-corrected chi connectivity index (χ3v) is 6.70. The van der Waals surface area contributed by atoms with Crippen molar-refractivity contribution in [3.05, 3.63) is 29.3 Å². The minimum Gasteiger partial charge on any atom is -0.435 e. The van der Waals surface area contributed by atoms with Gasteiger partial charge in [-0.3, -0.25) is 4.79 Å². The van der Waals surface area contributed by atoms with Gasteiger partial charge >= 0.3 is 6.61 Å². The SMILES string of the molecule is Cc1ccc(OC(F)F)cc1C1CCC2(C1)CN(C(=O)[C@H]1C[C@@](C)(O)C1)C2. The number of aliphatic hydroxyl groups is 1. The van der Waals surface area contributed by atoms with Gasteiger partial charge in [-0.25, -0.2) is 0 Å². The van der Waals surface area contributed by atoms with Crippen molar-refractivity contribution >= 4 is 5.91 Å². The number of alkyl halides is 2. The summed E-state index contributed by atoms with van der Waals surface area (Å²) in [7, 11) is 0. The molecule has 1 aromatic carbocycles. The van der Waals surface area contributed by atoms with E-state index in [1.807, 2.05) is 17.9 Å². The van der Waals surface area contributed by atoms with Crippen LogP contribution in [-0.2, 0) is 4.79 Å². The first kappa shape index (κ1) is 18.7. The molecule has 1 aliphatic heterocycles. The van der Waals surface area contributed by atoms with Crippen molar-refractivity contribution in [3.63, 3.8) is 0 Å². The zero-order valence-corrected chi connectivity index (χ0v) is 15.9. The largest absolute Gasteiger partial charge is 0.435 e. The van der Waals surface area contributed by atoms with Crippen molar-refractivity contribution in [2.45, 2.75) is 64.1 Å². The molecule has 1 spiro atoms. The summed E-state index contributed by atoms with van der Waals surface area (Å²) in [6.07, 6.45) is 4.18. The van der Waals surface area contributed by atoms with Crippen molar-refractivity contribution in [1.29, 1.82) is 0 Å². The predicted molar refractivity (Wildman–Crippen MR) is 96.8 cm³/mol. The van der Waals surface area contributed by atoms with Crippen LogP contribution in [0.1, 0.15) is 56.1 Å². The fraction of sp³-hybridized carbons (Fsp3) is 0.667. The van der Waals surface area contributed by atoms with Gasteiger partial charge in [-0.05, 0) is 75.1 Å². The summed E-state index contributed by atoms with van der Waals surface area (Å²) in [6, 6.07) is 5.19. The van der Waals surface area contributed by atoms with Crippen LogP contribution in [0.4, 0.5) is 8.78 Å². The van der Waals surface area contributed by atoms with Gasteiger partial charge in [-0.1, -0.05) is 6.07 Å². The third kappa shape index (κ3) is 3.56. The molecule has 1 saturated heterocycles. The van der Waals surface area contributed by atoms with Gasteiger partial charge < -0.3 is 14.7 Å². The van der Waals surface area contributed by atoms with E-state index in [2.05, 4.69) is 4.74 Å². The van der Waals surface area contributed by atoms with Gasteiger partial charge in [0.05, 0.1) is 5.60 Å². The second-order valence-electron chi connectivity index (χ2n) is 9.13. The second-order valence-corrected chi connectivity index (χ2v) is 9.13. The van der Waals surface area contributed by atoms with E-state index < -0.39 is 12.2 Å². The summed E-state index contributed by atoms with van der Waals surface area (Å²) in [5.41, 5.74) is 1.68. The molecule has 1 amide bonds. The van der Waals surface area contributed by atoms with E-state index in [1.165, 1.54) is 0 Å². The van der Waals surface area contributed by atoms with Gasteiger partial charge in [0, 0.05) is 24.4 Å². The molecule has 6 heteroatoms. The maximum Gasteiger partial charge on any atom is 0.387 e. The number of aryl methyl sites for hydroxylation is 1. The average molecular weight is 379 g/mol. The maximum absolute atomic E-state index is 12.5. The fourth-order valence-electron chi connectivity index (χ4n) is 5.35. The molecule has 1 N–H and O–H groups in total. The van der Waals surface area contributed by atoms with Crippen LogP contribution in [0.5, 0.6) is 5.75 Å². The molecule has 1 aromatic rings. The number of ether oxygens (including phenoxy) is 1.